The fourth-order valence-corrected chi connectivity index (χ4v) is 3.50. The Morgan fingerprint density at radius 2 is 1.65 bits per heavy atom. The average Bonchev–Trinajstić information content (AvgIpc) is 2.84. The number of nitrogens with zero attached hydrogens (tertiary/aromatic N) is 3. The first kappa shape index (κ1) is 16.2. The second-order valence-electron chi connectivity index (χ2n) is 7.10. The van der Waals surface area contributed by atoms with Gasteiger partial charge < -0.3 is 10.2 Å². The fourth-order valence-electron chi connectivity index (χ4n) is 3.50. The Hall–Kier alpha value is -1.65. The average molecular weight is 316 g/mol. The van der Waals surface area contributed by atoms with E-state index in [2.05, 4.69) is 27.1 Å². The van der Waals surface area contributed by atoms with Crippen LogP contribution in [0.25, 0.3) is 0 Å². The number of hydrogen-bond acceptors (Lipinski definition) is 4. The number of nitrogens with one attached hydrogen (secondary N) is 1. The monoisotopic (exact) mass is 316 g/mol. The van der Waals surface area contributed by atoms with E-state index < -0.39 is 0 Å². The maximum absolute atomic E-state index is 12.4. The molecular formula is C18H28N4O. The first-order valence-corrected chi connectivity index (χ1v) is 9.10. The molecule has 3 rings (SSSR count). The summed E-state index contributed by atoms with van der Waals surface area (Å²) in [5.41, 5.74) is 0.573. The molecule has 5 heteroatoms. The van der Waals surface area contributed by atoms with Crippen LogP contribution in [-0.2, 0) is 0 Å². The second kappa shape index (κ2) is 7.75. The Morgan fingerprint density at radius 1 is 1.04 bits per heavy atom. The molecule has 2 heterocycles. The van der Waals surface area contributed by atoms with E-state index in [1.165, 1.54) is 38.5 Å². The van der Waals surface area contributed by atoms with E-state index >= 15 is 0 Å². The summed E-state index contributed by atoms with van der Waals surface area (Å²) in [6.07, 6.45) is 12.9. The van der Waals surface area contributed by atoms with E-state index in [4.69, 9.17) is 0 Å². The van der Waals surface area contributed by atoms with Crippen LogP contribution in [0.3, 0.4) is 0 Å². The molecule has 1 aliphatic heterocycles. The summed E-state index contributed by atoms with van der Waals surface area (Å²) in [5, 5.41) is 3.15. The zero-order chi connectivity index (χ0) is 16.1. The molecule has 2 aliphatic rings. The van der Waals surface area contributed by atoms with Crippen LogP contribution in [0.4, 0.5) is 5.95 Å². The smallest absolute Gasteiger partial charge is 0.254 e. The lowest BCUT2D eigenvalue weighted by atomic mass is 10.00. The predicted octanol–water partition coefficient (Wildman–Crippen LogP) is 3.17. The molecule has 1 amide bonds. The van der Waals surface area contributed by atoms with Crippen molar-refractivity contribution in [2.75, 3.05) is 18.0 Å². The third kappa shape index (κ3) is 4.43. The molecule has 0 aromatic carbocycles. The van der Waals surface area contributed by atoms with Crippen LogP contribution < -0.4 is 10.2 Å². The molecule has 0 radical (unpaired) electrons. The number of piperidine rings is 1. The minimum atomic E-state index is -0.0317. The second-order valence-corrected chi connectivity index (χ2v) is 7.10. The molecule has 1 aromatic heterocycles. The van der Waals surface area contributed by atoms with Gasteiger partial charge in [-0.1, -0.05) is 32.6 Å². The Labute approximate surface area is 138 Å². The van der Waals surface area contributed by atoms with Crippen molar-refractivity contribution in [2.45, 2.75) is 64.3 Å². The van der Waals surface area contributed by atoms with Gasteiger partial charge in [0, 0.05) is 31.5 Å². The molecule has 1 aliphatic carbocycles. The minimum absolute atomic E-state index is 0.0317. The molecule has 0 atom stereocenters. The van der Waals surface area contributed by atoms with Gasteiger partial charge in [-0.2, -0.15) is 0 Å². The maximum atomic E-state index is 12.4. The molecule has 2 fully saturated rings. The fraction of sp³-hybridized carbons (Fsp3) is 0.722. The Morgan fingerprint density at radius 3 is 2.26 bits per heavy atom. The number of aromatic nitrogens is 2. The lowest BCUT2D eigenvalue weighted by Crippen LogP contribution is -2.35. The van der Waals surface area contributed by atoms with E-state index in [0.717, 1.165) is 37.8 Å². The largest absolute Gasteiger partial charge is 0.349 e. The SMILES string of the molecule is CC1CCN(c2ncc(C(=O)NC3CCCCCC3)cn2)CC1. The summed E-state index contributed by atoms with van der Waals surface area (Å²) in [6.45, 7) is 4.31. The van der Waals surface area contributed by atoms with Crippen molar-refractivity contribution in [3.63, 3.8) is 0 Å². The van der Waals surface area contributed by atoms with Crippen LogP contribution in [0.15, 0.2) is 12.4 Å². The molecule has 0 bridgehead atoms. The third-order valence-electron chi connectivity index (χ3n) is 5.16. The van der Waals surface area contributed by atoms with Crippen molar-refractivity contribution in [3.8, 4) is 0 Å². The van der Waals surface area contributed by atoms with Crippen LogP contribution in [0, 0.1) is 5.92 Å². The van der Waals surface area contributed by atoms with Crippen molar-refractivity contribution in [3.05, 3.63) is 18.0 Å². The van der Waals surface area contributed by atoms with Gasteiger partial charge >= 0.3 is 0 Å². The lowest BCUT2D eigenvalue weighted by molar-refractivity contribution is 0.0932. The lowest BCUT2D eigenvalue weighted by Gasteiger charge is -2.30. The molecule has 5 nitrogen and oxygen atoms in total. The number of carbonyl (C=O) groups excluding carboxylic acids is 1. The molecule has 126 valence electrons. The van der Waals surface area contributed by atoms with Crippen molar-refractivity contribution >= 4 is 11.9 Å². The zero-order valence-electron chi connectivity index (χ0n) is 14.1. The van der Waals surface area contributed by atoms with Gasteiger partial charge in [0.05, 0.1) is 5.56 Å². The molecular weight excluding hydrogens is 288 g/mol. The van der Waals surface area contributed by atoms with Crippen LogP contribution in [-0.4, -0.2) is 35.0 Å². The van der Waals surface area contributed by atoms with Gasteiger partial charge in [0.25, 0.3) is 5.91 Å². The third-order valence-corrected chi connectivity index (χ3v) is 5.16. The maximum Gasteiger partial charge on any atom is 0.254 e. The van der Waals surface area contributed by atoms with Crippen LogP contribution in [0.5, 0.6) is 0 Å². The van der Waals surface area contributed by atoms with Crippen molar-refractivity contribution in [2.24, 2.45) is 5.92 Å². The van der Waals surface area contributed by atoms with E-state index in [9.17, 15) is 4.79 Å². The summed E-state index contributed by atoms with van der Waals surface area (Å²) < 4.78 is 0. The molecule has 1 saturated carbocycles. The Bertz CT molecular complexity index is 500. The Balaban J connectivity index is 1.56. The standard InChI is InChI=1S/C18H28N4O/c1-14-8-10-22(11-9-14)18-19-12-15(13-20-18)17(23)21-16-6-4-2-3-5-7-16/h12-14,16H,2-11H2,1H3,(H,21,23). The van der Waals surface area contributed by atoms with Crippen LogP contribution in [0.1, 0.15) is 68.6 Å². The molecule has 23 heavy (non-hydrogen) atoms. The van der Waals surface area contributed by atoms with Crippen molar-refractivity contribution in [1.82, 2.24) is 15.3 Å². The summed E-state index contributed by atoms with van der Waals surface area (Å²) in [5.74, 6) is 1.51. The molecule has 0 unspecified atom stereocenters. The molecule has 1 aromatic rings. The highest BCUT2D eigenvalue weighted by molar-refractivity contribution is 5.93. The quantitative estimate of drug-likeness (QED) is 0.870. The highest BCUT2D eigenvalue weighted by Crippen LogP contribution is 2.20. The van der Waals surface area contributed by atoms with Crippen molar-refractivity contribution in [1.29, 1.82) is 0 Å². The normalized spacial score (nSPS) is 21.0. The molecule has 1 N–H and O–H groups in total. The first-order chi connectivity index (χ1) is 11.2. The van der Waals surface area contributed by atoms with E-state index in [-0.39, 0.29) is 5.91 Å². The highest BCUT2D eigenvalue weighted by atomic mass is 16.1. The van der Waals surface area contributed by atoms with Gasteiger partial charge in [0.15, 0.2) is 0 Å². The van der Waals surface area contributed by atoms with E-state index in [1.54, 1.807) is 12.4 Å². The summed E-state index contributed by atoms with van der Waals surface area (Å²) in [6, 6.07) is 0.313. The van der Waals surface area contributed by atoms with Gasteiger partial charge in [-0.3, -0.25) is 4.79 Å². The van der Waals surface area contributed by atoms with Crippen molar-refractivity contribution < 1.29 is 4.79 Å². The van der Waals surface area contributed by atoms with E-state index in [1.807, 2.05) is 0 Å². The zero-order valence-corrected chi connectivity index (χ0v) is 14.1. The highest BCUT2D eigenvalue weighted by Gasteiger charge is 2.19. The number of carbonyl (C=O) groups is 1. The number of anilines is 1. The van der Waals surface area contributed by atoms with Gasteiger partial charge in [0.1, 0.15) is 0 Å². The number of rotatable bonds is 3. The minimum Gasteiger partial charge on any atom is -0.349 e. The number of hydrogen-bond donors (Lipinski definition) is 1. The topological polar surface area (TPSA) is 58.1 Å². The predicted molar refractivity (Wildman–Crippen MR) is 91.6 cm³/mol. The van der Waals surface area contributed by atoms with Crippen LogP contribution >= 0.6 is 0 Å². The van der Waals surface area contributed by atoms with Gasteiger partial charge in [-0.15, -0.1) is 0 Å². The van der Waals surface area contributed by atoms with E-state index in [0.29, 0.717) is 11.6 Å². The first-order valence-electron chi connectivity index (χ1n) is 9.10. The number of amides is 1. The molecule has 0 spiro atoms. The van der Waals surface area contributed by atoms with Gasteiger partial charge in [0.2, 0.25) is 5.95 Å². The van der Waals surface area contributed by atoms with Gasteiger partial charge in [-0.05, 0) is 31.6 Å². The molecule has 1 saturated heterocycles. The summed E-state index contributed by atoms with van der Waals surface area (Å²) in [4.78, 5) is 23.4. The van der Waals surface area contributed by atoms with Gasteiger partial charge in [-0.25, -0.2) is 9.97 Å². The summed E-state index contributed by atoms with van der Waals surface area (Å²) >= 11 is 0. The van der Waals surface area contributed by atoms with Crippen LogP contribution in [0.2, 0.25) is 0 Å². The summed E-state index contributed by atoms with van der Waals surface area (Å²) in [7, 11) is 0. The Kier molecular flexibility index (Phi) is 5.47.